The Morgan fingerprint density at radius 3 is 1.95 bits per heavy atom. The van der Waals surface area contributed by atoms with E-state index in [9.17, 15) is 16.8 Å². The normalized spacial score (nSPS) is 22.0. The van der Waals surface area contributed by atoms with Crippen LogP contribution in [0.15, 0.2) is 46.2 Å². The Labute approximate surface area is 117 Å². The molecule has 1 heterocycles. The highest BCUT2D eigenvalue weighted by Crippen LogP contribution is 2.30. The van der Waals surface area contributed by atoms with Crippen LogP contribution in [0.3, 0.4) is 0 Å². The molecule has 106 valence electrons. The number of hydrogen-bond acceptors (Lipinski definition) is 7. The molecule has 0 radical (unpaired) electrons. The molecule has 7 nitrogen and oxygen atoms in total. The highest BCUT2D eigenvalue weighted by atomic mass is 32.2. The van der Waals surface area contributed by atoms with E-state index >= 15 is 0 Å². The van der Waals surface area contributed by atoms with Crippen LogP contribution in [0.1, 0.15) is 0 Å². The minimum absolute atomic E-state index is 0.0925. The van der Waals surface area contributed by atoms with Gasteiger partial charge in [0.05, 0.1) is 0 Å². The van der Waals surface area contributed by atoms with E-state index in [1.54, 1.807) is 0 Å². The number of rotatable bonds is 0. The molecular formula is C10H8O7S2Si. The van der Waals surface area contributed by atoms with Crippen molar-refractivity contribution in [2.45, 2.75) is 9.79 Å². The van der Waals surface area contributed by atoms with Gasteiger partial charge in [-0.15, -0.1) is 4.33 Å². The van der Waals surface area contributed by atoms with E-state index in [1.165, 1.54) is 36.4 Å². The van der Waals surface area contributed by atoms with E-state index in [4.69, 9.17) is 0 Å². The summed E-state index contributed by atoms with van der Waals surface area (Å²) in [5, 5.41) is 0.484. The summed E-state index contributed by atoms with van der Waals surface area (Å²) in [7, 11) is -10.3. The molecule has 1 aliphatic rings. The minimum atomic E-state index is -4.13. The summed E-state index contributed by atoms with van der Waals surface area (Å²) in [5.41, 5.74) is 0. The minimum Gasteiger partial charge on any atom is -0.284 e. The quantitative estimate of drug-likeness (QED) is 0.502. The van der Waals surface area contributed by atoms with Gasteiger partial charge in [-0.25, -0.2) is 4.58 Å². The monoisotopic (exact) mass is 332 g/mol. The Morgan fingerprint density at radius 1 is 0.800 bits per heavy atom. The van der Waals surface area contributed by atoms with E-state index in [2.05, 4.69) is 12.8 Å². The Morgan fingerprint density at radius 2 is 1.35 bits per heavy atom. The van der Waals surface area contributed by atoms with E-state index in [1.807, 2.05) is 0 Å². The van der Waals surface area contributed by atoms with Crippen molar-refractivity contribution in [2.24, 2.45) is 0 Å². The lowest BCUT2D eigenvalue weighted by Gasteiger charge is -2.13. The van der Waals surface area contributed by atoms with Gasteiger partial charge in [0.1, 0.15) is 9.79 Å². The molecule has 10 heteroatoms. The fourth-order valence-corrected chi connectivity index (χ4v) is 5.25. The van der Waals surface area contributed by atoms with Crippen molar-refractivity contribution < 1.29 is 29.6 Å². The second-order valence-electron chi connectivity index (χ2n) is 3.94. The molecule has 1 aliphatic heterocycles. The van der Waals surface area contributed by atoms with Gasteiger partial charge >= 0.3 is 20.1 Å². The van der Waals surface area contributed by atoms with Crippen molar-refractivity contribution in [2.75, 3.05) is 0 Å². The predicted molar refractivity (Wildman–Crippen MR) is 70.1 cm³/mol. The maximum absolute atomic E-state index is 12.0. The Hall–Kier alpha value is -1.30. The van der Waals surface area contributed by atoms with E-state index in [-0.39, 0.29) is 20.6 Å². The van der Waals surface area contributed by atoms with Crippen molar-refractivity contribution in [3.05, 3.63) is 36.4 Å². The lowest BCUT2D eigenvalue weighted by Crippen LogP contribution is -2.18. The second-order valence-corrected chi connectivity index (χ2v) is 8.18. The van der Waals surface area contributed by atoms with Crippen LogP contribution >= 0.6 is 0 Å². The molecule has 4 bridgehead atoms. The first-order valence-corrected chi connectivity index (χ1v) is 9.36. The van der Waals surface area contributed by atoms with Gasteiger partial charge in [0.2, 0.25) is 0 Å². The van der Waals surface area contributed by atoms with E-state index < -0.39 is 30.2 Å². The molecule has 0 saturated heterocycles. The Kier molecular flexibility index (Phi) is 3.15. The fourth-order valence-electron chi connectivity index (χ4n) is 1.95. The summed E-state index contributed by atoms with van der Waals surface area (Å²) in [5.74, 6) is 0. The third kappa shape index (κ3) is 2.15. The topological polar surface area (TPSA) is 96.0 Å². The highest BCUT2D eigenvalue weighted by Gasteiger charge is 2.26. The molecule has 20 heavy (non-hydrogen) atoms. The summed E-state index contributed by atoms with van der Waals surface area (Å²) >= 11 is 0. The maximum Gasteiger partial charge on any atom is 0.365 e. The van der Waals surface area contributed by atoms with Crippen LogP contribution in [0, 0.1) is 0 Å². The van der Waals surface area contributed by atoms with Crippen molar-refractivity contribution >= 4 is 41.0 Å². The standard InChI is InChI=1S/C10H8O7S2Si/c11-18(12)9-5-1-4-8-7(9)3-2-6-10(8)19(13,14)17-20-16-15-18/h1-6H,20H2. The molecule has 0 aliphatic carbocycles. The highest BCUT2D eigenvalue weighted by molar-refractivity contribution is 7.88. The van der Waals surface area contributed by atoms with Crippen LogP contribution in [-0.2, 0) is 33.0 Å². The smallest absolute Gasteiger partial charge is 0.284 e. The molecule has 0 unspecified atom stereocenters. The van der Waals surface area contributed by atoms with Crippen LogP contribution in [-0.4, -0.2) is 26.8 Å². The van der Waals surface area contributed by atoms with Gasteiger partial charge in [0.15, 0.2) is 0 Å². The van der Waals surface area contributed by atoms with Crippen LogP contribution in [0.5, 0.6) is 0 Å². The lowest BCUT2D eigenvalue weighted by atomic mass is 10.1. The first kappa shape index (κ1) is 13.7. The third-order valence-electron chi connectivity index (χ3n) is 2.77. The molecule has 0 spiro atoms. The van der Waals surface area contributed by atoms with Crippen molar-refractivity contribution in [3.63, 3.8) is 0 Å². The molecule has 0 N–H and O–H groups in total. The van der Waals surface area contributed by atoms with Gasteiger partial charge in [-0.05, 0) is 12.1 Å². The van der Waals surface area contributed by atoms with Gasteiger partial charge in [-0.2, -0.15) is 16.8 Å². The van der Waals surface area contributed by atoms with E-state index in [0.29, 0.717) is 0 Å². The number of hydrogen-bond donors (Lipinski definition) is 0. The Balaban J connectivity index is 2.49. The van der Waals surface area contributed by atoms with Crippen molar-refractivity contribution in [1.82, 2.24) is 0 Å². The van der Waals surface area contributed by atoms with Crippen LogP contribution in [0.2, 0.25) is 0 Å². The summed E-state index contributed by atoms with van der Waals surface area (Å²) in [6.45, 7) is 0. The van der Waals surface area contributed by atoms with Crippen LogP contribution in [0.25, 0.3) is 10.8 Å². The van der Waals surface area contributed by atoms with E-state index in [0.717, 1.165) is 0 Å². The molecule has 0 aromatic heterocycles. The zero-order valence-electron chi connectivity index (χ0n) is 9.85. The summed E-state index contributed by atoms with van der Waals surface area (Å²) in [4.78, 5) is -0.243. The Bertz CT molecular complexity index is 814. The van der Waals surface area contributed by atoms with Crippen molar-refractivity contribution in [3.8, 4) is 0 Å². The lowest BCUT2D eigenvalue weighted by molar-refractivity contribution is -0.102. The van der Waals surface area contributed by atoms with Gasteiger partial charge in [0, 0.05) is 10.8 Å². The van der Waals surface area contributed by atoms with Gasteiger partial charge in [-0.3, -0.25) is 3.87 Å². The predicted octanol–water partition coefficient (Wildman–Crippen LogP) is 0.194. The van der Waals surface area contributed by atoms with Crippen molar-refractivity contribution in [1.29, 1.82) is 0 Å². The fraction of sp³-hybridized carbons (Fsp3) is 0. The third-order valence-corrected chi connectivity index (χ3v) is 6.85. The first-order chi connectivity index (χ1) is 9.42. The molecule has 0 saturated carbocycles. The molecule has 3 rings (SSSR count). The zero-order valence-corrected chi connectivity index (χ0v) is 12.9. The van der Waals surface area contributed by atoms with Gasteiger partial charge < -0.3 is 0 Å². The van der Waals surface area contributed by atoms with Gasteiger partial charge in [-0.1, -0.05) is 24.3 Å². The molecular weight excluding hydrogens is 324 g/mol. The largest absolute Gasteiger partial charge is 0.365 e. The maximum atomic E-state index is 12.0. The second kappa shape index (κ2) is 4.61. The summed E-state index contributed by atoms with van der Waals surface area (Å²) < 4.78 is 61.4. The summed E-state index contributed by atoms with van der Waals surface area (Å²) in [6.07, 6.45) is 0. The summed E-state index contributed by atoms with van der Waals surface area (Å²) in [6, 6.07) is 8.54. The molecule has 2 aromatic carbocycles. The zero-order chi connectivity index (χ0) is 14.4. The average Bonchev–Trinajstić information content (AvgIpc) is 2.41. The SMILES string of the molecule is O=S1(=O)OO[SiH2]OS(=O)(=O)c2cccc3c1cccc23. The average molecular weight is 332 g/mol. The molecule has 0 amide bonds. The number of benzene rings is 2. The van der Waals surface area contributed by atoms with Gasteiger partial charge in [0.25, 0.3) is 10.1 Å². The molecule has 0 atom stereocenters. The molecule has 2 aromatic rings. The van der Waals surface area contributed by atoms with Crippen LogP contribution in [0.4, 0.5) is 0 Å². The van der Waals surface area contributed by atoms with Crippen LogP contribution < -0.4 is 0 Å². The molecule has 0 fully saturated rings. The first-order valence-electron chi connectivity index (χ1n) is 5.39.